The van der Waals surface area contributed by atoms with Crippen LogP contribution in [-0.4, -0.2) is 49.3 Å². The molecule has 0 saturated carbocycles. The molecular formula is C12H14N8OS. The molecular weight excluding hydrogens is 304 g/mol. The first kappa shape index (κ1) is 14.3. The number of methoxy groups -OCH3 is 1. The third kappa shape index (κ3) is 3.17. The number of nitrogens with one attached hydrogen (secondary N) is 2. The number of rotatable bonds is 6. The van der Waals surface area contributed by atoms with Crippen LogP contribution in [-0.2, 0) is 0 Å². The molecule has 0 saturated heterocycles. The number of nitrogens with zero attached hydrogens (tertiary/aromatic N) is 5. The molecule has 0 aromatic carbocycles. The van der Waals surface area contributed by atoms with Crippen molar-refractivity contribution < 1.29 is 4.74 Å². The number of imidazole rings is 1. The number of aromatic amines is 1. The quantitative estimate of drug-likeness (QED) is 0.345. The fraction of sp³-hybridized carbons (Fsp3) is 0.250. The molecule has 0 aliphatic carbocycles. The highest BCUT2D eigenvalue weighted by Crippen LogP contribution is 2.23. The second kappa shape index (κ2) is 6.43. The number of hydrogen-bond donors (Lipinski definition) is 3. The Morgan fingerprint density at radius 3 is 3.09 bits per heavy atom. The summed E-state index contributed by atoms with van der Waals surface area (Å²) < 4.78 is 5.04. The minimum atomic E-state index is 0.214. The number of fused-ring (bicyclic) bond motifs is 1. The lowest BCUT2D eigenvalue weighted by atomic mass is 10.5. The smallest absolute Gasteiger partial charge is 0.225 e. The van der Waals surface area contributed by atoms with Crippen molar-refractivity contribution in [3.8, 4) is 5.88 Å². The van der Waals surface area contributed by atoms with Crippen molar-refractivity contribution in [3.05, 3.63) is 18.6 Å². The van der Waals surface area contributed by atoms with Crippen LogP contribution >= 0.6 is 11.8 Å². The van der Waals surface area contributed by atoms with Crippen LogP contribution < -0.4 is 15.8 Å². The maximum absolute atomic E-state index is 5.67. The number of H-pyrrole nitrogens is 1. The van der Waals surface area contributed by atoms with Gasteiger partial charge >= 0.3 is 0 Å². The van der Waals surface area contributed by atoms with Crippen molar-refractivity contribution in [2.75, 3.05) is 30.5 Å². The summed E-state index contributed by atoms with van der Waals surface area (Å²) in [5.41, 5.74) is 7.03. The summed E-state index contributed by atoms with van der Waals surface area (Å²) in [6.07, 6.45) is 3.21. The highest BCUT2D eigenvalue weighted by Gasteiger charge is 2.08. The lowest BCUT2D eigenvalue weighted by Crippen LogP contribution is -2.08. The van der Waals surface area contributed by atoms with E-state index in [4.69, 9.17) is 10.5 Å². The van der Waals surface area contributed by atoms with Crippen LogP contribution in [0.15, 0.2) is 23.6 Å². The Hall–Kier alpha value is -2.62. The SMILES string of the molecule is COc1ccnc(NCCSc2nc(N)nc3nc[nH]c23)n1. The number of anilines is 2. The lowest BCUT2D eigenvalue weighted by Gasteiger charge is -2.06. The van der Waals surface area contributed by atoms with E-state index in [0.29, 0.717) is 24.0 Å². The van der Waals surface area contributed by atoms with Gasteiger partial charge in [-0.3, -0.25) is 0 Å². The van der Waals surface area contributed by atoms with E-state index in [9.17, 15) is 0 Å². The molecule has 3 rings (SSSR count). The van der Waals surface area contributed by atoms with E-state index in [-0.39, 0.29) is 5.95 Å². The van der Waals surface area contributed by atoms with Gasteiger partial charge < -0.3 is 20.8 Å². The normalized spacial score (nSPS) is 10.8. The van der Waals surface area contributed by atoms with Gasteiger partial charge in [0.05, 0.1) is 13.4 Å². The Balaban J connectivity index is 1.59. The minimum absolute atomic E-state index is 0.214. The lowest BCUT2D eigenvalue weighted by molar-refractivity contribution is 0.397. The van der Waals surface area contributed by atoms with E-state index in [1.807, 2.05) is 0 Å². The molecule has 0 radical (unpaired) electrons. The van der Waals surface area contributed by atoms with Crippen LogP contribution in [0.5, 0.6) is 5.88 Å². The van der Waals surface area contributed by atoms with Crippen LogP contribution in [0.4, 0.5) is 11.9 Å². The Morgan fingerprint density at radius 2 is 2.23 bits per heavy atom. The highest BCUT2D eigenvalue weighted by molar-refractivity contribution is 7.99. The maximum Gasteiger partial charge on any atom is 0.225 e. The molecule has 22 heavy (non-hydrogen) atoms. The fourth-order valence-corrected chi connectivity index (χ4v) is 2.63. The van der Waals surface area contributed by atoms with Gasteiger partial charge in [-0.25, -0.2) is 15.0 Å². The van der Waals surface area contributed by atoms with Crippen molar-refractivity contribution in [1.29, 1.82) is 0 Å². The van der Waals surface area contributed by atoms with Gasteiger partial charge in [0.2, 0.25) is 17.8 Å². The van der Waals surface area contributed by atoms with E-state index in [2.05, 4.69) is 35.2 Å². The van der Waals surface area contributed by atoms with E-state index >= 15 is 0 Å². The third-order valence-electron chi connectivity index (χ3n) is 2.73. The average molecular weight is 318 g/mol. The van der Waals surface area contributed by atoms with Crippen molar-refractivity contribution >= 4 is 34.8 Å². The molecule has 0 aliphatic heterocycles. The van der Waals surface area contributed by atoms with E-state index in [1.54, 1.807) is 37.5 Å². The molecule has 0 unspecified atom stereocenters. The summed E-state index contributed by atoms with van der Waals surface area (Å²) in [4.78, 5) is 23.7. The summed E-state index contributed by atoms with van der Waals surface area (Å²) in [6.45, 7) is 0.664. The van der Waals surface area contributed by atoms with Crippen LogP contribution in [0.1, 0.15) is 0 Å². The van der Waals surface area contributed by atoms with Gasteiger partial charge in [0, 0.05) is 24.6 Å². The monoisotopic (exact) mass is 318 g/mol. The minimum Gasteiger partial charge on any atom is -0.481 e. The van der Waals surface area contributed by atoms with Crippen LogP contribution in [0, 0.1) is 0 Å². The molecule has 3 aromatic rings. The molecule has 3 aromatic heterocycles. The van der Waals surface area contributed by atoms with Gasteiger partial charge in [-0.1, -0.05) is 0 Å². The zero-order chi connectivity index (χ0) is 15.4. The molecule has 0 fully saturated rings. The largest absolute Gasteiger partial charge is 0.481 e. The number of thioether (sulfide) groups is 1. The Labute approximate surface area is 130 Å². The van der Waals surface area contributed by atoms with E-state index < -0.39 is 0 Å². The Kier molecular flexibility index (Phi) is 4.19. The molecule has 114 valence electrons. The van der Waals surface area contributed by atoms with Crippen molar-refractivity contribution in [2.45, 2.75) is 5.03 Å². The number of nitrogen functional groups attached to an aromatic ring is 1. The second-order valence-electron chi connectivity index (χ2n) is 4.19. The van der Waals surface area contributed by atoms with E-state index in [0.717, 1.165) is 16.3 Å². The number of aromatic nitrogens is 6. The van der Waals surface area contributed by atoms with Gasteiger partial charge in [0.25, 0.3) is 0 Å². The first-order valence-electron chi connectivity index (χ1n) is 6.46. The van der Waals surface area contributed by atoms with Crippen molar-refractivity contribution in [3.63, 3.8) is 0 Å². The third-order valence-corrected chi connectivity index (χ3v) is 3.71. The van der Waals surface area contributed by atoms with Crippen molar-refractivity contribution in [1.82, 2.24) is 29.9 Å². The molecule has 0 spiro atoms. The van der Waals surface area contributed by atoms with E-state index in [1.165, 1.54) is 0 Å². The van der Waals surface area contributed by atoms with Crippen molar-refractivity contribution in [2.24, 2.45) is 0 Å². The summed E-state index contributed by atoms with van der Waals surface area (Å²) >= 11 is 1.55. The van der Waals surface area contributed by atoms with Crippen LogP contribution in [0.3, 0.4) is 0 Å². The molecule has 9 nitrogen and oxygen atoms in total. The maximum atomic E-state index is 5.67. The number of ether oxygens (including phenoxy) is 1. The van der Waals surface area contributed by atoms with Gasteiger partial charge in [-0.2, -0.15) is 9.97 Å². The Morgan fingerprint density at radius 1 is 1.32 bits per heavy atom. The predicted molar refractivity (Wildman–Crippen MR) is 83.9 cm³/mol. The molecule has 0 aliphatic rings. The molecule has 10 heteroatoms. The first-order valence-corrected chi connectivity index (χ1v) is 7.45. The van der Waals surface area contributed by atoms with Gasteiger partial charge in [0.15, 0.2) is 5.65 Å². The molecule has 3 heterocycles. The zero-order valence-electron chi connectivity index (χ0n) is 11.8. The number of hydrogen-bond acceptors (Lipinski definition) is 9. The van der Waals surface area contributed by atoms with Crippen LogP contribution in [0.2, 0.25) is 0 Å². The summed E-state index contributed by atoms with van der Waals surface area (Å²) in [7, 11) is 1.57. The summed E-state index contributed by atoms with van der Waals surface area (Å²) in [5.74, 6) is 2.01. The van der Waals surface area contributed by atoms with Gasteiger partial charge in [-0.05, 0) is 0 Å². The standard InChI is InChI=1S/C12H14N8OS/c1-21-7-2-3-14-12(18-7)15-4-5-22-10-8-9(17-6-16-8)19-11(13)20-10/h2-3,6H,4-5H2,1H3,(H,14,15,18)(H3,13,16,17,19,20). The Bertz CT molecular complexity index is 777. The number of nitrogens with two attached hydrogens (primary N) is 1. The van der Waals surface area contributed by atoms with Gasteiger partial charge in [0.1, 0.15) is 10.5 Å². The topological polar surface area (TPSA) is 128 Å². The molecule has 0 atom stereocenters. The highest BCUT2D eigenvalue weighted by atomic mass is 32.2. The summed E-state index contributed by atoms with van der Waals surface area (Å²) in [5, 5.41) is 3.89. The average Bonchev–Trinajstić information content (AvgIpc) is 3.00. The molecule has 0 amide bonds. The molecule has 4 N–H and O–H groups in total. The first-order chi connectivity index (χ1) is 10.8. The second-order valence-corrected chi connectivity index (χ2v) is 5.27. The molecule has 0 bridgehead atoms. The fourth-order valence-electron chi connectivity index (χ4n) is 1.78. The summed E-state index contributed by atoms with van der Waals surface area (Å²) in [6, 6.07) is 1.69. The predicted octanol–water partition coefficient (Wildman–Crippen LogP) is 0.938. The zero-order valence-corrected chi connectivity index (χ0v) is 12.6. The van der Waals surface area contributed by atoms with Gasteiger partial charge in [-0.15, -0.1) is 11.8 Å². The van der Waals surface area contributed by atoms with Crippen LogP contribution in [0.25, 0.3) is 11.2 Å².